The summed E-state index contributed by atoms with van der Waals surface area (Å²) in [5.74, 6) is 0. The van der Waals surface area contributed by atoms with E-state index in [1.165, 1.54) is 11.4 Å². The Labute approximate surface area is 229 Å². The second-order valence-corrected chi connectivity index (χ2v) is 7.38. The molecule has 2 aromatic rings. The first-order chi connectivity index (χ1) is 18.3. The Hall–Kier alpha value is -2.59. The van der Waals surface area contributed by atoms with Crippen molar-refractivity contribution in [2.24, 2.45) is 5.73 Å². The van der Waals surface area contributed by atoms with Gasteiger partial charge in [-0.05, 0) is 24.3 Å². The summed E-state index contributed by atoms with van der Waals surface area (Å²) in [5, 5.41) is 8.60. The summed E-state index contributed by atoms with van der Waals surface area (Å²) in [5.41, 5.74) is 8.20. The third kappa shape index (κ3) is 15.3. The van der Waals surface area contributed by atoms with Crippen LogP contribution in [0.15, 0.2) is 60.7 Å². The van der Waals surface area contributed by atoms with Gasteiger partial charge in [0.25, 0.3) is 0 Å². The van der Waals surface area contributed by atoms with E-state index in [0.717, 1.165) is 52.4 Å². The zero-order chi connectivity index (χ0) is 28.3. The van der Waals surface area contributed by atoms with E-state index in [-0.39, 0.29) is 0 Å². The molecule has 2 heterocycles. The summed E-state index contributed by atoms with van der Waals surface area (Å²) in [7, 11) is 0. The average Bonchev–Trinajstić information content (AvgIpc) is 3.03. The molecule has 2 fully saturated rings. The fraction of sp³-hybridized carbons (Fsp3) is 0.581. The summed E-state index contributed by atoms with van der Waals surface area (Å²) < 4.78 is 0. The monoisotopic (exact) mass is 512 g/mol. The number of benzene rings is 2. The van der Waals surface area contributed by atoms with E-state index in [2.05, 4.69) is 80.3 Å². The van der Waals surface area contributed by atoms with Gasteiger partial charge in [0.15, 0.2) is 0 Å². The van der Waals surface area contributed by atoms with Crippen molar-refractivity contribution < 1.29 is 0 Å². The molecule has 0 aromatic heterocycles. The fourth-order valence-electron chi connectivity index (χ4n) is 3.73. The Kier molecular flexibility index (Phi) is 26.2. The van der Waals surface area contributed by atoms with Gasteiger partial charge in [0.2, 0.25) is 0 Å². The third-order valence-corrected chi connectivity index (χ3v) is 5.54. The van der Waals surface area contributed by atoms with Gasteiger partial charge in [0.05, 0.1) is 12.6 Å². The second-order valence-electron chi connectivity index (χ2n) is 7.38. The molecule has 210 valence electrons. The van der Waals surface area contributed by atoms with Gasteiger partial charge in [-0.15, -0.1) is 0 Å². The van der Waals surface area contributed by atoms with Crippen molar-refractivity contribution in [2.75, 3.05) is 75.4 Å². The molecule has 0 bridgehead atoms. The van der Waals surface area contributed by atoms with Crippen molar-refractivity contribution in [2.45, 2.75) is 55.4 Å². The summed E-state index contributed by atoms with van der Waals surface area (Å²) in [6.07, 6.45) is 0. The van der Waals surface area contributed by atoms with Crippen LogP contribution in [0, 0.1) is 11.3 Å². The minimum Gasteiger partial charge on any atom is -0.369 e. The lowest BCUT2D eigenvalue weighted by Crippen LogP contribution is -2.48. The number of piperazine rings is 2. The molecule has 0 amide bonds. The first kappa shape index (κ1) is 36.6. The van der Waals surface area contributed by atoms with Gasteiger partial charge in [0, 0.05) is 70.4 Å². The molecule has 2 N–H and O–H groups in total. The molecule has 2 aliphatic rings. The van der Waals surface area contributed by atoms with Crippen LogP contribution in [0.5, 0.6) is 0 Å². The number of rotatable bonds is 4. The number of nitriles is 1. The maximum Gasteiger partial charge on any atom is 0.0867 e. The first-order valence-corrected chi connectivity index (χ1v) is 14.4. The molecule has 2 aromatic carbocycles. The van der Waals surface area contributed by atoms with Gasteiger partial charge in [0.1, 0.15) is 0 Å². The molecule has 0 atom stereocenters. The summed E-state index contributed by atoms with van der Waals surface area (Å²) in [6, 6.07) is 23.2. The van der Waals surface area contributed by atoms with Gasteiger partial charge >= 0.3 is 0 Å². The van der Waals surface area contributed by atoms with Crippen molar-refractivity contribution >= 4 is 11.4 Å². The van der Waals surface area contributed by atoms with E-state index in [0.29, 0.717) is 13.2 Å². The lowest BCUT2D eigenvalue weighted by Gasteiger charge is -2.35. The quantitative estimate of drug-likeness (QED) is 0.495. The van der Waals surface area contributed by atoms with E-state index in [1.54, 1.807) is 0 Å². The summed E-state index contributed by atoms with van der Waals surface area (Å²) >= 11 is 0. The molecule has 6 heteroatoms. The van der Waals surface area contributed by atoms with Crippen LogP contribution in [0.1, 0.15) is 55.4 Å². The Bertz CT molecular complexity index is 731. The fourth-order valence-corrected chi connectivity index (χ4v) is 3.73. The number of hydrogen-bond donors (Lipinski definition) is 1. The van der Waals surface area contributed by atoms with Crippen LogP contribution >= 0.6 is 0 Å². The molecule has 0 saturated carbocycles. The van der Waals surface area contributed by atoms with Crippen molar-refractivity contribution in [3.05, 3.63) is 60.7 Å². The average molecular weight is 513 g/mol. The van der Waals surface area contributed by atoms with Gasteiger partial charge in [-0.1, -0.05) is 91.8 Å². The zero-order valence-corrected chi connectivity index (χ0v) is 25.2. The number of hydrogen-bond acceptors (Lipinski definition) is 6. The molecule has 0 spiro atoms. The second kappa shape index (κ2) is 26.5. The van der Waals surface area contributed by atoms with Gasteiger partial charge < -0.3 is 15.5 Å². The third-order valence-electron chi connectivity index (χ3n) is 5.54. The van der Waals surface area contributed by atoms with E-state index in [4.69, 9.17) is 11.0 Å². The van der Waals surface area contributed by atoms with Crippen LogP contribution in [0.25, 0.3) is 0 Å². The Morgan fingerprint density at radius 1 is 0.568 bits per heavy atom. The number of para-hydroxylation sites is 2. The lowest BCUT2D eigenvalue weighted by molar-refractivity contribution is 0.265. The van der Waals surface area contributed by atoms with Crippen molar-refractivity contribution in [3.63, 3.8) is 0 Å². The molecular formula is C31H56N6. The van der Waals surface area contributed by atoms with Crippen LogP contribution in [-0.2, 0) is 0 Å². The number of nitrogens with two attached hydrogens (primary N) is 1. The van der Waals surface area contributed by atoms with Crippen LogP contribution in [0.3, 0.4) is 0 Å². The number of anilines is 2. The number of nitrogens with zero attached hydrogens (tertiary/aromatic N) is 5. The van der Waals surface area contributed by atoms with Crippen LogP contribution < -0.4 is 15.5 Å². The summed E-state index contributed by atoms with van der Waals surface area (Å²) in [6.45, 7) is 25.6. The predicted octanol–water partition coefficient (Wildman–Crippen LogP) is 6.16. The zero-order valence-electron chi connectivity index (χ0n) is 25.2. The van der Waals surface area contributed by atoms with Gasteiger partial charge in [-0.25, -0.2) is 0 Å². The highest BCUT2D eigenvalue weighted by molar-refractivity contribution is 5.47. The van der Waals surface area contributed by atoms with Gasteiger partial charge in [-0.2, -0.15) is 5.26 Å². The highest BCUT2D eigenvalue weighted by Crippen LogP contribution is 2.16. The molecule has 0 aliphatic carbocycles. The van der Waals surface area contributed by atoms with Crippen molar-refractivity contribution in [1.82, 2.24) is 9.80 Å². The minimum absolute atomic E-state index is 0.558. The smallest absolute Gasteiger partial charge is 0.0867 e. The Morgan fingerprint density at radius 3 is 1.19 bits per heavy atom. The van der Waals surface area contributed by atoms with E-state index in [1.807, 2.05) is 61.5 Å². The minimum atomic E-state index is 0.558. The molecule has 2 saturated heterocycles. The molecule has 2 aliphatic heterocycles. The van der Waals surface area contributed by atoms with Gasteiger partial charge in [-0.3, -0.25) is 9.80 Å². The normalized spacial score (nSPS) is 14.7. The molecular weight excluding hydrogens is 456 g/mol. The Morgan fingerprint density at radius 2 is 0.892 bits per heavy atom. The van der Waals surface area contributed by atoms with E-state index >= 15 is 0 Å². The SMILES string of the molecule is CC.CC.CC.CC.N#CCN1CCN(c2ccccc2)CC1.NCN1CCN(c2ccccc2)CC1. The maximum atomic E-state index is 8.60. The summed E-state index contributed by atoms with van der Waals surface area (Å²) in [4.78, 5) is 9.25. The highest BCUT2D eigenvalue weighted by Gasteiger charge is 2.16. The van der Waals surface area contributed by atoms with E-state index < -0.39 is 0 Å². The van der Waals surface area contributed by atoms with Crippen LogP contribution in [0.2, 0.25) is 0 Å². The van der Waals surface area contributed by atoms with E-state index in [9.17, 15) is 0 Å². The Balaban J connectivity index is 0. The molecule has 0 radical (unpaired) electrons. The van der Waals surface area contributed by atoms with Crippen molar-refractivity contribution in [3.8, 4) is 6.07 Å². The topological polar surface area (TPSA) is 62.8 Å². The molecule has 0 unspecified atom stereocenters. The first-order valence-electron chi connectivity index (χ1n) is 14.4. The standard InChI is InChI=1S/C12H15N3.C11H17N3.4C2H6/c13-6-7-14-8-10-15(11-9-14)12-4-2-1-3-5-12;12-10-13-6-8-14(9-7-13)11-4-2-1-3-5-11;4*1-2/h1-5H,7-11H2;1-5H,6-10,12H2;4*1-2H3. The van der Waals surface area contributed by atoms with Crippen molar-refractivity contribution in [1.29, 1.82) is 5.26 Å². The lowest BCUT2D eigenvalue weighted by atomic mass is 10.2. The van der Waals surface area contributed by atoms with Crippen LogP contribution in [-0.4, -0.2) is 75.4 Å². The maximum absolute atomic E-state index is 8.60. The molecule has 4 rings (SSSR count). The predicted molar refractivity (Wildman–Crippen MR) is 165 cm³/mol. The molecule has 6 nitrogen and oxygen atoms in total. The molecule has 37 heavy (non-hydrogen) atoms. The van der Waals surface area contributed by atoms with Crippen LogP contribution in [0.4, 0.5) is 11.4 Å². The largest absolute Gasteiger partial charge is 0.369 e. The highest BCUT2D eigenvalue weighted by atomic mass is 15.3.